The van der Waals surface area contributed by atoms with Crippen LogP contribution < -0.4 is 15.5 Å². The highest BCUT2D eigenvalue weighted by atomic mass is 19.1. The van der Waals surface area contributed by atoms with Gasteiger partial charge in [-0.05, 0) is 26.3 Å². The van der Waals surface area contributed by atoms with Gasteiger partial charge in [-0.3, -0.25) is 9.59 Å². The third-order valence-electron chi connectivity index (χ3n) is 4.18. The van der Waals surface area contributed by atoms with Gasteiger partial charge in [0.05, 0.1) is 24.6 Å². The van der Waals surface area contributed by atoms with E-state index in [1.165, 1.54) is 23.9 Å². The van der Waals surface area contributed by atoms with E-state index in [-0.39, 0.29) is 47.3 Å². The first kappa shape index (κ1) is 20.4. The fourth-order valence-electron chi connectivity index (χ4n) is 2.61. The molecule has 0 fully saturated rings. The minimum atomic E-state index is -0.802. The predicted octanol–water partition coefficient (Wildman–Crippen LogP) is 2.24. The molecule has 0 saturated heterocycles. The Morgan fingerprint density at radius 3 is 2.59 bits per heavy atom. The Hall–Kier alpha value is -2.90. The molecule has 0 bridgehead atoms. The molecule has 0 spiro atoms. The Morgan fingerprint density at radius 1 is 1.30 bits per heavy atom. The van der Waals surface area contributed by atoms with Crippen molar-refractivity contribution in [3.63, 3.8) is 0 Å². The number of pyridine rings is 1. The lowest BCUT2D eigenvalue weighted by Crippen LogP contribution is -2.35. The van der Waals surface area contributed by atoms with Crippen molar-refractivity contribution in [1.82, 2.24) is 9.88 Å². The van der Waals surface area contributed by atoms with Crippen molar-refractivity contribution in [2.24, 2.45) is 0 Å². The molecule has 0 saturated carbocycles. The molecule has 2 rings (SSSR count). The predicted molar refractivity (Wildman–Crippen MR) is 98.6 cm³/mol. The third kappa shape index (κ3) is 4.45. The summed E-state index contributed by atoms with van der Waals surface area (Å²) >= 11 is 0. The van der Waals surface area contributed by atoms with Crippen molar-refractivity contribution < 1.29 is 23.5 Å². The van der Waals surface area contributed by atoms with Crippen LogP contribution in [0.4, 0.5) is 4.39 Å². The van der Waals surface area contributed by atoms with Crippen molar-refractivity contribution in [2.45, 2.75) is 39.8 Å². The van der Waals surface area contributed by atoms with Crippen molar-refractivity contribution in [2.75, 3.05) is 13.7 Å². The second kappa shape index (κ2) is 8.66. The second-order valence-electron chi connectivity index (χ2n) is 6.10. The van der Waals surface area contributed by atoms with Gasteiger partial charge in [-0.1, -0.05) is 6.92 Å². The first-order valence-electron chi connectivity index (χ1n) is 8.69. The maximum absolute atomic E-state index is 14.2. The van der Waals surface area contributed by atoms with Crippen LogP contribution in [0.15, 0.2) is 23.1 Å². The summed E-state index contributed by atoms with van der Waals surface area (Å²) in [6.45, 7) is 5.32. The molecule has 1 atom stereocenters. The normalized spacial score (nSPS) is 11.9. The Morgan fingerprint density at radius 2 is 2.00 bits per heavy atom. The number of carbonyl (C=O) groups excluding carboxylic acids is 2. The fourth-order valence-corrected chi connectivity index (χ4v) is 2.61. The molecule has 1 aromatic carbocycles. The van der Waals surface area contributed by atoms with Crippen LogP contribution in [-0.4, -0.2) is 36.2 Å². The zero-order valence-corrected chi connectivity index (χ0v) is 15.8. The van der Waals surface area contributed by atoms with Crippen LogP contribution in [0.2, 0.25) is 0 Å². The standard InChI is InChI=1S/C19H23FN2O5/c1-5-11(3)21-17(23)10-22-9-13(19(25)27-6-2)18(24)12-7-16(26-4)14(20)8-15(12)22/h7-9,11H,5-6,10H2,1-4H3,(H,21,23). The number of ether oxygens (including phenoxy) is 2. The molecule has 1 heterocycles. The number of benzene rings is 1. The lowest BCUT2D eigenvalue weighted by atomic mass is 10.1. The maximum atomic E-state index is 14.2. The van der Waals surface area contributed by atoms with E-state index >= 15 is 0 Å². The van der Waals surface area contributed by atoms with Gasteiger partial charge in [0.15, 0.2) is 11.6 Å². The van der Waals surface area contributed by atoms with Gasteiger partial charge in [0.25, 0.3) is 0 Å². The fraction of sp³-hybridized carbons (Fsp3) is 0.421. The topological polar surface area (TPSA) is 86.6 Å². The smallest absolute Gasteiger partial charge is 0.343 e. The number of hydrogen-bond donors (Lipinski definition) is 1. The van der Waals surface area contributed by atoms with Gasteiger partial charge in [-0.15, -0.1) is 0 Å². The lowest BCUT2D eigenvalue weighted by molar-refractivity contribution is -0.122. The van der Waals surface area contributed by atoms with E-state index in [1.807, 2.05) is 13.8 Å². The van der Waals surface area contributed by atoms with Crippen molar-refractivity contribution in [3.05, 3.63) is 39.9 Å². The summed E-state index contributed by atoms with van der Waals surface area (Å²) in [5.74, 6) is -1.93. The molecule has 146 valence electrons. The summed E-state index contributed by atoms with van der Waals surface area (Å²) in [5, 5.41) is 2.86. The number of nitrogens with one attached hydrogen (secondary N) is 1. The van der Waals surface area contributed by atoms with E-state index in [0.29, 0.717) is 0 Å². The molecule has 1 amide bonds. The Bertz CT molecular complexity index is 922. The van der Waals surface area contributed by atoms with Crippen LogP contribution in [0, 0.1) is 5.82 Å². The number of nitrogens with zero attached hydrogens (tertiary/aromatic N) is 1. The van der Waals surface area contributed by atoms with E-state index in [1.54, 1.807) is 6.92 Å². The molecular formula is C19H23FN2O5. The van der Waals surface area contributed by atoms with E-state index in [0.717, 1.165) is 12.5 Å². The number of amides is 1. The molecule has 7 nitrogen and oxygen atoms in total. The number of rotatable bonds is 7. The Kier molecular flexibility index (Phi) is 6.55. The van der Waals surface area contributed by atoms with Gasteiger partial charge >= 0.3 is 5.97 Å². The highest BCUT2D eigenvalue weighted by Gasteiger charge is 2.20. The summed E-state index contributed by atoms with van der Waals surface area (Å²) < 4.78 is 25.4. The number of halogens is 1. The van der Waals surface area contributed by atoms with Crippen molar-refractivity contribution in [3.8, 4) is 5.75 Å². The lowest BCUT2D eigenvalue weighted by Gasteiger charge is -2.16. The van der Waals surface area contributed by atoms with E-state index < -0.39 is 17.2 Å². The maximum Gasteiger partial charge on any atom is 0.343 e. The Balaban J connectivity index is 2.64. The molecule has 1 unspecified atom stereocenters. The monoisotopic (exact) mass is 378 g/mol. The van der Waals surface area contributed by atoms with Crippen LogP contribution in [0.5, 0.6) is 5.75 Å². The highest BCUT2D eigenvalue weighted by molar-refractivity contribution is 5.94. The SMILES string of the molecule is CCOC(=O)c1cn(CC(=O)NC(C)CC)c2cc(F)c(OC)cc2c1=O. The van der Waals surface area contributed by atoms with E-state index in [2.05, 4.69) is 5.32 Å². The second-order valence-corrected chi connectivity index (χ2v) is 6.10. The molecule has 0 aliphatic heterocycles. The summed E-state index contributed by atoms with van der Waals surface area (Å²) in [5.41, 5.74) is -0.652. The number of aromatic nitrogens is 1. The minimum Gasteiger partial charge on any atom is -0.494 e. The molecule has 8 heteroatoms. The number of esters is 1. The highest BCUT2D eigenvalue weighted by Crippen LogP contribution is 2.23. The van der Waals surface area contributed by atoms with Crippen molar-refractivity contribution >= 4 is 22.8 Å². The zero-order valence-electron chi connectivity index (χ0n) is 15.8. The van der Waals surface area contributed by atoms with Crippen molar-refractivity contribution in [1.29, 1.82) is 0 Å². The van der Waals surface area contributed by atoms with E-state index in [4.69, 9.17) is 9.47 Å². The van der Waals surface area contributed by atoms with Crippen LogP contribution in [0.25, 0.3) is 10.9 Å². The molecule has 0 aliphatic rings. The van der Waals surface area contributed by atoms with Crippen LogP contribution in [-0.2, 0) is 16.1 Å². The molecule has 0 radical (unpaired) electrons. The number of hydrogen-bond acceptors (Lipinski definition) is 5. The van der Waals surface area contributed by atoms with Gasteiger partial charge in [0.2, 0.25) is 11.3 Å². The number of fused-ring (bicyclic) bond motifs is 1. The van der Waals surface area contributed by atoms with Gasteiger partial charge < -0.3 is 19.4 Å². The summed E-state index contributed by atoms with van der Waals surface area (Å²) in [6, 6.07) is 2.30. The summed E-state index contributed by atoms with van der Waals surface area (Å²) in [6.07, 6.45) is 1.97. The molecule has 27 heavy (non-hydrogen) atoms. The van der Waals surface area contributed by atoms with Gasteiger partial charge in [-0.25, -0.2) is 9.18 Å². The zero-order chi connectivity index (χ0) is 20.1. The average molecular weight is 378 g/mol. The third-order valence-corrected chi connectivity index (χ3v) is 4.18. The summed E-state index contributed by atoms with van der Waals surface area (Å²) in [7, 11) is 1.28. The van der Waals surface area contributed by atoms with Gasteiger partial charge in [0, 0.05) is 18.3 Å². The van der Waals surface area contributed by atoms with Crippen LogP contribution >= 0.6 is 0 Å². The molecule has 0 aliphatic carbocycles. The molecular weight excluding hydrogens is 355 g/mol. The van der Waals surface area contributed by atoms with Gasteiger partial charge in [0.1, 0.15) is 12.1 Å². The number of methoxy groups -OCH3 is 1. The Labute approximate surface area is 156 Å². The summed E-state index contributed by atoms with van der Waals surface area (Å²) in [4.78, 5) is 37.1. The minimum absolute atomic E-state index is 0.0375. The largest absolute Gasteiger partial charge is 0.494 e. The average Bonchev–Trinajstić information content (AvgIpc) is 2.63. The first-order valence-corrected chi connectivity index (χ1v) is 8.69. The molecule has 1 aromatic heterocycles. The molecule has 2 aromatic rings. The van der Waals surface area contributed by atoms with E-state index in [9.17, 15) is 18.8 Å². The van der Waals surface area contributed by atoms with Crippen LogP contribution in [0.3, 0.4) is 0 Å². The van der Waals surface area contributed by atoms with Gasteiger partial charge in [-0.2, -0.15) is 0 Å². The first-order chi connectivity index (χ1) is 12.8. The quantitative estimate of drug-likeness (QED) is 0.747. The number of carbonyl (C=O) groups is 2. The molecule has 1 N–H and O–H groups in total. The van der Waals surface area contributed by atoms with Crippen LogP contribution in [0.1, 0.15) is 37.6 Å².